The molecule has 5 heteroatoms. The van der Waals surface area contributed by atoms with Gasteiger partial charge in [0.15, 0.2) is 0 Å². The molecule has 3 nitrogen and oxygen atoms in total. The van der Waals surface area contributed by atoms with Crippen molar-refractivity contribution in [1.29, 1.82) is 0 Å². The first-order chi connectivity index (χ1) is 7.62. The maximum absolute atomic E-state index is 9.47. The van der Waals surface area contributed by atoms with Crippen molar-refractivity contribution in [1.82, 2.24) is 0 Å². The van der Waals surface area contributed by atoms with Gasteiger partial charge in [-0.2, -0.15) is 0 Å². The number of hydrogen-bond donors (Lipinski definition) is 1. The third-order valence-corrected chi connectivity index (χ3v) is 4.02. The van der Waals surface area contributed by atoms with E-state index < -0.39 is 6.72 Å². The minimum atomic E-state index is -2.93. The highest BCUT2D eigenvalue weighted by molar-refractivity contribution is 8.07. The maximum atomic E-state index is 9.47. The van der Waals surface area contributed by atoms with Gasteiger partial charge in [-0.1, -0.05) is 45.4 Å². The van der Waals surface area contributed by atoms with Crippen LogP contribution in [-0.2, 0) is 20.9 Å². The molecule has 1 atom stereocenters. The van der Waals surface area contributed by atoms with Gasteiger partial charge in [-0.25, -0.2) is 0 Å². The lowest BCUT2D eigenvalue weighted by Crippen LogP contribution is -1.96. The summed E-state index contributed by atoms with van der Waals surface area (Å²) >= 11 is 4.80. The molecule has 0 aliphatic heterocycles. The Bertz CT molecular complexity index is 200. The lowest BCUT2D eigenvalue weighted by atomic mass is 10.1. The largest absolute Gasteiger partial charge is 0.324 e. The molecule has 0 radical (unpaired) electrons. The van der Waals surface area contributed by atoms with Crippen molar-refractivity contribution in [3.05, 3.63) is 0 Å². The Morgan fingerprint density at radius 2 is 1.50 bits per heavy atom. The molecule has 0 saturated heterocycles. The molecule has 0 aromatic rings. The van der Waals surface area contributed by atoms with Crippen LogP contribution in [-0.4, -0.2) is 18.1 Å². The van der Waals surface area contributed by atoms with Crippen molar-refractivity contribution in [3.63, 3.8) is 0 Å². The van der Waals surface area contributed by atoms with Crippen LogP contribution in [0.3, 0.4) is 0 Å². The Labute approximate surface area is 105 Å². The second-order valence-electron chi connectivity index (χ2n) is 3.84. The molecule has 0 bridgehead atoms. The molecule has 0 aromatic carbocycles. The highest BCUT2D eigenvalue weighted by Gasteiger charge is 2.12. The molecule has 0 aliphatic carbocycles. The summed E-state index contributed by atoms with van der Waals surface area (Å²) < 4.78 is 10.1. The standard InChI is InChI=1S/C11H25O3PS/c1-3-5-6-7-8-9-10-11-14-15(12,16)13-4-2/h3-11H2,1-2H3,(H,12,16). The number of unbranched alkanes of at least 4 members (excludes halogenated alkanes) is 6. The summed E-state index contributed by atoms with van der Waals surface area (Å²) in [6.45, 7) is 2.02. The first kappa shape index (κ1) is 16.5. The fourth-order valence-electron chi connectivity index (χ4n) is 1.44. The summed E-state index contributed by atoms with van der Waals surface area (Å²) in [7, 11) is 0. The Hall–Kier alpha value is 0.530. The molecule has 0 rings (SSSR count). The van der Waals surface area contributed by atoms with Gasteiger partial charge >= 0.3 is 6.72 Å². The monoisotopic (exact) mass is 268 g/mol. The summed E-state index contributed by atoms with van der Waals surface area (Å²) in [6.07, 6.45) is 8.58. The van der Waals surface area contributed by atoms with E-state index in [9.17, 15) is 4.89 Å². The maximum Gasteiger partial charge on any atom is 0.324 e. The first-order valence-corrected chi connectivity index (χ1v) is 8.83. The van der Waals surface area contributed by atoms with Gasteiger partial charge < -0.3 is 13.9 Å². The van der Waals surface area contributed by atoms with Crippen molar-refractivity contribution >= 4 is 18.5 Å². The van der Waals surface area contributed by atoms with Crippen molar-refractivity contribution in [3.8, 4) is 0 Å². The zero-order chi connectivity index (χ0) is 12.3. The van der Waals surface area contributed by atoms with Gasteiger partial charge in [0.25, 0.3) is 0 Å². The zero-order valence-electron chi connectivity index (χ0n) is 10.5. The Morgan fingerprint density at radius 3 is 2.06 bits per heavy atom. The van der Waals surface area contributed by atoms with E-state index in [1.807, 2.05) is 0 Å². The van der Waals surface area contributed by atoms with E-state index in [2.05, 4.69) is 6.92 Å². The van der Waals surface area contributed by atoms with Crippen LogP contribution in [0.25, 0.3) is 0 Å². The fourth-order valence-corrected chi connectivity index (χ4v) is 2.74. The van der Waals surface area contributed by atoms with Crippen molar-refractivity contribution < 1.29 is 13.9 Å². The van der Waals surface area contributed by atoms with Crippen LogP contribution in [0.15, 0.2) is 0 Å². The predicted octanol–water partition coefficient (Wildman–Crippen LogP) is 4.01. The highest BCUT2D eigenvalue weighted by atomic mass is 32.5. The second-order valence-corrected chi connectivity index (χ2v) is 6.68. The summed E-state index contributed by atoms with van der Waals surface area (Å²) in [5, 5.41) is 0. The van der Waals surface area contributed by atoms with Gasteiger partial charge in [0, 0.05) is 0 Å². The predicted molar refractivity (Wildman–Crippen MR) is 72.1 cm³/mol. The summed E-state index contributed by atoms with van der Waals surface area (Å²) in [6, 6.07) is 0. The zero-order valence-corrected chi connectivity index (χ0v) is 12.2. The average molecular weight is 268 g/mol. The Kier molecular flexibility index (Phi) is 11.0. The normalized spacial score (nSPS) is 14.9. The van der Waals surface area contributed by atoms with E-state index in [0.717, 1.165) is 12.8 Å². The van der Waals surface area contributed by atoms with Crippen LogP contribution in [0.4, 0.5) is 0 Å². The molecular weight excluding hydrogens is 243 g/mol. The summed E-state index contributed by atoms with van der Waals surface area (Å²) in [4.78, 5) is 9.47. The van der Waals surface area contributed by atoms with Gasteiger partial charge in [-0.05, 0) is 25.2 Å². The van der Waals surface area contributed by atoms with Gasteiger partial charge in [-0.15, -0.1) is 0 Å². The van der Waals surface area contributed by atoms with Crippen molar-refractivity contribution in [2.24, 2.45) is 0 Å². The van der Waals surface area contributed by atoms with Crippen LogP contribution in [0.2, 0.25) is 0 Å². The molecule has 0 fully saturated rings. The van der Waals surface area contributed by atoms with Crippen molar-refractivity contribution in [2.45, 2.75) is 58.8 Å². The van der Waals surface area contributed by atoms with E-state index in [0.29, 0.717) is 13.2 Å². The van der Waals surface area contributed by atoms with Gasteiger partial charge in [0.1, 0.15) is 0 Å². The van der Waals surface area contributed by atoms with E-state index in [4.69, 9.17) is 20.9 Å². The van der Waals surface area contributed by atoms with E-state index in [1.165, 1.54) is 32.1 Å². The Balaban J connectivity index is 3.23. The van der Waals surface area contributed by atoms with Crippen LogP contribution in [0, 0.1) is 0 Å². The number of hydrogen-bond acceptors (Lipinski definition) is 3. The molecule has 0 saturated carbocycles. The summed E-state index contributed by atoms with van der Waals surface area (Å²) in [5.74, 6) is 0. The Morgan fingerprint density at radius 1 is 0.938 bits per heavy atom. The van der Waals surface area contributed by atoms with Crippen molar-refractivity contribution in [2.75, 3.05) is 13.2 Å². The molecule has 0 aliphatic rings. The third kappa shape index (κ3) is 11.0. The SMILES string of the molecule is CCCCCCCCCOP(O)(=S)OCC. The molecule has 0 heterocycles. The highest BCUT2D eigenvalue weighted by Crippen LogP contribution is 2.43. The smallest absolute Gasteiger partial charge is 0.324 e. The molecule has 0 spiro atoms. The quantitative estimate of drug-likeness (QED) is 0.454. The van der Waals surface area contributed by atoms with Gasteiger partial charge in [0.2, 0.25) is 0 Å². The lowest BCUT2D eigenvalue weighted by molar-refractivity contribution is 0.200. The van der Waals surface area contributed by atoms with Crippen LogP contribution in [0.5, 0.6) is 0 Å². The molecule has 0 amide bonds. The summed E-state index contributed by atoms with van der Waals surface area (Å²) in [5.41, 5.74) is 0. The van der Waals surface area contributed by atoms with Crippen LogP contribution >= 0.6 is 6.72 Å². The molecule has 0 aromatic heterocycles. The molecular formula is C11H25O3PS. The first-order valence-electron chi connectivity index (χ1n) is 6.24. The molecule has 1 N–H and O–H groups in total. The number of rotatable bonds is 11. The topological polar surface area (TPSA) is 38.7 Å². The molecule has 16 heavy (non-hydrogen) atoms. The molecule has 98 valence electrons. The van der Waals surface area contributed by atoms with E-state index in [-0.39, 0.29) is 0 Å². The second kappa shape index (κ2) is 10.7. The van der Waals surface area contributed by atoms with E-state index in [1.54, 1.807) is 6.92 Å². The fraction of sp³-hybridized carbons (Fsp3) is 1.00. The van der Waals surface area contributed by atoms with E-state index >= 15 is 0 Å². The van der Waals surface area contributed by atoms with Crippen LogP contribution < -0.4 is 0 Å². The minimum Gasteiger partial charge on any atom is -0.324 e. The van der Waals surface area contributed by atoms with Gasteiger partial charge in [0.05, 0.1) is 13.2 Å². The van der Waals surface area contributed by atoms with Gasteiger partial charge in [-0.3, -0.25) is 0 Å². The lowest BCUT2D eigenvalue weighted by Gasteiger charge is -2.14. The molecule has 1 unspecified atom stereocenters. The van der Waals surface area contributed by atoms with Crippen LogP contribution in [0.1, 0.15) is 58.8 Å². The third-order valence-electron chi connectivity index (χ3n) is 2.29. The average Bonchev–Trinajstić information content (AvgIpc) is 2.22. The minimum absolute atomic E-state index is 0.408.